The van der Waals surface area contributed by atoms with Gasteiger partial charge in [-0.3, -0.25) is 10.1 Å². The number of nitrogens with zero attached hydrogens (tertiary/aromatic N) is 1. The minimum atomic E-state index is -0.481. The van der Waals surface area contributed by atoms with E-state index in [9.17, 15) is 10.1 Å². The zero-order chi connectivity index (χ0) is 13.0. The molecular formula is C13H18N2O3. The van der Waals surface area contributed by atoms with Crippen molar-refractivity contribution < 1.29 is 9.66 Å². The summed E-state index contributed by atoms with van der Waals surface area (Å²) in [6, 6.07) is 4.57. The summed E-state index contributed by atoms with van der Waals surface area (Å²) in [4.78, 5) is 10.2. The smallest absolute Gasteiger partial charge is 0.292 e. The number of hydrogen-bond donors (Lipinski definition) is 1. The van der Waals surface area contributed by atoms with Crippen molar-refractivity contribution in [2.75, 3.05) is 5.73 Å². The summed E-state index contributed by atoms with van der Waals surface area (Å²) in [6.45, 7) is 0. The largest absolute Gasteiger partial charge is 0.490 e. The van der Waals surface area contributed by atoms with E-state index in [1.807, 2.05) is 0 Å². The Hall–Kier alpha value is -1.78. The summed E-state index contributed by atoms with van der Waals surface area (Å²) in [5, 5.41) is 10.7. The van der Waals surface area contributed by atoms with E-state index < -0.39 is 4.92 Å². The summed E-state index contributed by atoms with van der Waals surface area (Å²) in [7, 11) is 0. The van der Waals surface area contributed by atoms with Gasteiger partial charge in [-0.2, -0.15) is 0 Å². The van der Waals surface area contributed by atoms with Gasteiger partial charge in [-0.25, -0.2) is 0 Å². The fraction of sp³-hybridized carbons (Fsp3) is 0.538. The number of nitro groups is 1. The maximum atomic E-state index is 10.7. The van der Waals surface area contributed by atoms with E-state index in [1.54, 1.807) is 12.1 Å². The van der Waals surface area contributed by atoms with Gasteiger partial charge in [0.2, 0.25) is 0 Å². The molecule has 1 aliphatic rings. The van der Waals surface area contributed by atoms with Crippen molar-refractivity contribution >= 4 is 11.4 Å². The predicted molar refractivity (Wildman–Crippen MR) is 69.6 cm³/mol. The molecule has 5 heteroatoms. The lowest BCUT2D eigenvalue weighted by Crippen LogP contribution is -2.15. The van der Waals surface area contributed by atoms with Crippen LogP contribution in [0.15, 0.2) is 18.2 Å². The van der Waals surface area contributed by atoms with Crippen LogP contribution in [-0.4, -0.2) is 11.0 Å². The van der Waals surface area contributed by atoms with Crippen LogP contribution in [0, 0.1) is 10.1 Å². The van der Waals surface area contributed by atoms with Crippen molar-refractivity contribution in [3.05, 3.63) is 28.3 Å². The van der Waals surface area contributed by atoms with E-state index in [2.05, 4.69) is 0 Å². The molecule has 0 atom stereocenters. The van der Waals surface area contributed by atoms with Gasteiger partial charge >= 0.3 is 0 Å². The van der Waals surface area contributed by atoms with Crippen LogP contribution < -0.4 is 10.5 Å². The van der Waals surface area contributed by atoms with Gasteiger partial charge in [0, 0.05) is 12.1 Å². The third kappa shape index (κ3) is 3.12. The Kier molecular flexibility index (Phi) is 4.02. The van der Waals surface area contributed by atoms with Gasteiger partial charge in [0.15, 0.2) is 0 Å². The van der Waals surface area contributed by atoms with Crippen LogP contribution in [0.5, 0.6) is 5.75 Å². The number of nitrogens with two attached hydrogens (primary N) is 1. The molecule has 5 nitrogen and oxygen atoms in total. The number of benzene rings is 1. The minimum absolute atomic E-state index is 0.0665. The molecule has 0 aliphatic heterocycles. The average Bonchev–Trinajstić information content (AvgIpc) is 2.57. The number of hydrogen-bond acceptors (Lipinski definition) is 4. The molecule has 0 heterocycles. The Morgan fingerprint density at radius 3 is 2.44 bits per heavy atom. The van der Waals surface area contributed by atoms with Crippen LogP contribution >= 0.6 is 0 Å². The Morgan fingerprint density at radius 2 is 1.89 bits per heavy atom. The normalized spacial score (nSPS) is 17.1. The molecular weight excluding hydrogens is 232 g/mol. The SMILES string of the molecule is Nc1cc(OC2CCCCCC2)ccc1[N+](=O)[O-]. The maximum absolute atomic E-state index is 10.7. The molecule has 0 amide bonds. The summed E-state index contributed by atoms with van der Waals surface area (Å²) in [6.07, 6.45) is 7.23. The molecule has 0 radical (unpaired) electrons. The highest BCUT2D eigenvalue weighted by atomic mass is 16.6. The highest BCUT2D eigenvalue weighted by molar-refractivity contribution is 5.60. The lowest BCUT2D eigenvalue weighted by Gasteiger charge is -2.17. The maximum Gasteiger partial charge on any atom is 0.292 e. The second-order valence-corrected chi connectivity index (χ2v) is 4.71. The standard InChI is InChI=1S/C13H18N2O3/c14-12-9-11(7-8-13(12)15(16)17)18-10-5-3-1-2-4-6-10/h7-10H,1-6,14H2. The zero-order valence-corrected chi connectivity index (χ0v) is 10.3. The fourth-order valence-corrected chi connectivity index (χ4v) is 2.32. The van der Waals surface area contributed by atoms with E-state index in [0.29, 0.717) is 5.75 Å². The third-order valence-corrected chi connectivity index (χ3v) is 3.30. The van der Waals surface area contributed by atoms with Crippen LogP contribution in [0.3, 0.4) is 0 Å². The Bertz CT molecular complexity index is 426. The molecule has 0 spiro atoms. The van der Waals surface area contributed by atoms with Crippen LogP contribution in [0.2, 0.25) is 0 Å². The van der Waals surface area contributed by atoms with Crippen molar-refractivity contribution in [3.8, 4) is 5.75 Å². The molecule has 0 saturated heterocycles. The molecule has 0 aromatic heterocycles. The molecule has 18 heavy (non-hydrogen) atoms. The first-order valence-electron chi connectivity index (χ1n) is 6.37. The summed E-state index contributed by atoms with van der Waals surface area (Å²) in [5.74, 6) is 0.630. The van der Waals surface area contributed by atoms with E-state index >= 15 is 0 Å². The molecule has 1 saturated carbocycles. The first kappa shape index (κ1) is 12.7. The van der Waals surface area contributed by atoms with E-state index in [0.717, 1.165) is 12.8 Å². The number of nitro benzene ring substituents is 1. The topological polar surface area (TPSA) is 78.4 Å². The average molecular weight is 250 g/mol. The number of rotatable bonds is 3. The lowest BCUT2D eigenvalue weighted by molar-refractivity contribution is -0.383. The monoisotopic (exact) mass is 250 g/mol. The molecule has 1 aromatic rings. The molecule has 0 bridgehead atoms. The summed E-state index contributed by atoms with van der Waals surface area (Å²) < 4.78 is 5.85. The van der Waals surface area contributed by atoms with Gasteiger partial charge in [-0.1, -0.05) is 12.8 Å². The summed E-state index contributed by atoms with van der Waals surface area (Å²) >= 11 is 0. The Balaban J connectivity index is 2.05. The Morgan fingerprint density at radius 1 is 1.22 bits per heavy atom. The third-order valence-electron chi connectivity index (χ3n) is 3.30. The van der Waals surface area contributed by atoms with E-state index in [-0.39, 0.29) is 17.5 Å². The van der Waals surface area contributed by atoms with Crippen LogP contribution in [-0.2, 0) is 0 Å². The Labute approximate surface area is 106 Å². The van der Waals surface area contributed by atoms with E-state index in [4.69, 9.17) is 10.5 Å². The quantitative estimate of drug-likeness (QED) is 0.386. The second-order valence-electron chi connectivity index (χ2n) is 4.71. The lowest BCUT2D eigenvalue weighted by atomic mass is 10.1. The van der Waals surface area contributed by atoms with Gasteiger partial charge in [0.1, 0.15) is 11.4 Å². The van der Waals surface area contributed by atoms with Crippen LogP contribution in [0.4, 0.5) is 11.4 Å². The van der Waals surface area contributed by atoms with Gasteiger partial charge in [-0.05, 0) is 31.7 Å². The van der Waals surface area contributed by atoms with Gasteiger partial charge in [0.25, 0.3) is 5.69 Å². The highest BCUT2D eigenvalue weighted by Crippen LogP contribution is 2.28. The minimum Gasteiger partial charge on any atom is -0.490 e. The molecule has 0 unspecified atom stereocenters. The number of nitrogen functional groups attached to an aromatic ring is 1. The highest BCUT2D eigenvalue weighted by Gasteiger charge is 2.16. The first-order chi connectivity index (χ1) is 8.66. The van der Waals surface area contributed by atoms with Crippen LogP contribution in [0.25, 0.3) is 0 Å². The van der Waals surface area contributed by atoms with E-state index in [1.165, 1.54) is 31.7 Å². The van der Waals surface area contributed by atoms with Gasteiger partial charge in [0.05, 0.1) is 11.0 Å². The molecule has 1 aromatic carbocycles. The van der Waals surface area contributed by atoms with Crippen molar-refractivity contribution in [2.24, 2.45) is 0 Å². The van der Waals surface area contributed by atoms with Crippen molar-refractivity contribution in [3.63, 3.8) is 0 Å². The van der Waals surface area contributed by atoms with Crippen molar-refractivity contribution in [2.45, 2.75) is 44.6 Å². The molecule has 2 N–H and O–H groups in total. The molecule has 2 rings (SSSR count). The van der Waals surface area contributed by atoms with Crippen molar-refractivity contribution in [1.82, 2.24) is 0 Å². The number of ether oxygens (including phenoxy) is 1. The second kappa shape index (κ2) is 5.71. The molecule has 1 fully saturated rings. The van der Waals surface area contributed by atoms with Gasteiger partial charge in [-0.15, -0.1) is 0 Å². The molecule has 1 aliphatic carbocycles. The number of anilines is 1. The first-order valence-corrected chi connectivity index (χ1v) is 6.37. The predicted octanol–water partition coefficient (Wildman–Crippen LogP) is 3.28. The molecule has 98 valence electrons. The van der Waals surface area contributed by atoms with Crippen molar-refractivity contribution in [1.29, 1.82) is 0 Å². The van der Waals surface area contributed by atoms with Gasteiger partial charge < -0.3 is 10.5 Å². The fourth-order valence-electron chi connectivity index (χ4n) is 2.32. The summed E-state index contributed by atoms with van der Waals surface area (Å²) in [5.41, 5.74) is 5.73. The zero-order valence-electron chi connectivity index (χ0n) is 10.3. The van der Waals surface area contributed by atoms with Crippen LogP contribution in [0.1, 0.15) is 38.5 Å².